The Morgan fingerprint density at radius 2 is 1.63 bits per heavy atom. The molecule has 0 saturated heterocycles. The molecule has 0 amide bonds. The van der Waals surface area contributed by atoms with Gasteiger partial charge >= 0.3 is 0 Å². The molecule has 0 aromatic heterocycles. The van der Waals surface area contributed by atoms with Crippen molar-refractivity contribution in [3.63, 3.8) is 0 Å². The SMILES string of the molecule is CN=C(NCCC(C)N(C)Cc1ccccc1)NCc1ccc(CS(C)(=O)=O)cc1. The summed E-state index contributed by atoms with van der Waals surface area (Å²) in [5, 5.41) is 6.67. The van der Waals surface area contributed by atoms with Crippen LogP contribution in [0, 0.1) is 0 Å². The minimum absolute atomic E-state index is 0.0703. The number of hydrogen-bond donors (Lipinski definition) is 2. The van der Waals surface area contributed by atoms with Crippen molar-refractivity contribution in [2.24, 2.45) is 4.99 Å². The topological polar surface area (TPSA) is 73.8 Å². The average molecular weight is 431 g/mol. The van der Waals surface area contributed by atoms with Crippen LogP contribution in [0.1, 0.15) is 30.0 Å². The molecule has 2 aromatic carbocycles. The molecule has 164 valence electrons. The number of nitrogens with zero attached hydrogens (tertiary/aromatic N) is 2. The van der Waals surface area contributed by atoms with Crippen molar-refractivity contribution in [1.82, 2.24) is 15.5 Å². The molecule has 0 saturated carbocycles. The zero-order valence-corrected chi connectivity index (χ0v) is 19.2. The summed E-state index contributed by atoms with van der Waals surface area (Å²) in [7, 11) is 0.901. The Morgan fingerprint density at radius 3 is 2.23 bits per heavy atom. The highest BCUT2D eigenvalue weighted by Crippen LogP contribution is 2.09. The van der Waals surface area contributed by atoms with E-state index in [2.05, 4.69) is 58.8 Å². The maximum atomic E-state index is 11.4. The summed E-state index contributed by atoms with van der Waals surface area (Å²) in [6.45, 7) is 4.62. The van der Waals surface area contributed by atoms with E-state index in [9.17, 15) is 8.42 Å². The van der Waals surface area contributed by atoms with Gasteiger partial charge in [0.1, 0.15) is 0 Å². The third-order valence-corrected chi connectivity index (χ3v) is 5.87. The molecular formula is C23H34N4O2S. The molecule has 0 fully saturated rings. The molecule has 0 bridgehead atoms. The zero-order chi connectivity index (χ0) is 22.0. The lowest BCUT2D eigenvalue weighted by molar-refractivity contribution is 0.238. The smallest absolute Gasteiger partial charge is 0.191 e. The van der Waals surface area contributed by atoms with E-state index in [1.807, 2.05) is 30.3 Å². The normalized spacial score (nSPS) is 13.3. The van der Waals surface area contributed by atoms with Crippen LogP contribution in [0.3, 0.4) is 0 Å². The summed E-state index contributed by atoms with van der Waals surface area (Å²) >= 11 is 0. The van der Waals surface area contributed by atoms with Gasteiger partial charge in [0, 0.05) is 39.0 Å². The second kappa shape index (κ2) is 11.7. The summed E-state index contributed by atoms with van der Waals surface area (Å²) in [5.74, 6) is 0.828. The Bertz CT molecular complexity index is 897. The van der Waals surface area contributed by atoms with Gasteiger partial charge in [0.2, 0.25) is 0 Å². The highest BCUT2D eigenvalue weighted by Gasteiger charge is 2.10. The molecule has 1 unspecified atom stereocenters. The predicted molar refractivity (Wildman–Crippen MR) is 125 cm³/mol. The average Bonchev–Trinajstić information content (AvgIpc) is 2.71. The molecule has 0 radical (unpaired) electrons. The van der Waals surface area contributed by atoms with Crippen LogP contribution in [0.4, 0.5) is 0 Å². The van der Waals surface area contributed by atoms with Crippen LogP contribution in [0.25, 0.3) is 0 Å². The van der Waals surface area contributed by atoms with Crippen molar-refractivity contribution in [3.8, 4) is 0 Å². The largest absolute Gasteiger partial charge is 0.356 e. The molecule has 7 heteroatoms. The monoisotopic (exact) mass is 430 g/mol. The van der Waals surface area contributed by atoms with E-state index in [1.165, 1.54) is 11.8 Å². The molecule has 0 aliphatic heterocycles. The van der Waals surface area contributed by atoms with Crippen LogP contribution in [-0.4, -0.2) is 52.2 Å². The molecule has 2 aromatic rings. The highest BCUT2D eigenvalue weighted by molar-refractivity contribution is 7.89. The van der Waals surface area contributed by atoms with Crippen LogP contribution < -0.4 is 10.6 Å². The lowest BCUT2D eigenvalue weighted by atomic mass is 10.1. The summed E-state index contributed by atoms with van der Waals surface area (Å²) in [5.41, 5.74) is 3.20. The number of aliphatic imine (C=N–C) groups is 1. The van der Waals surface area contributed by atoms with Gasteiger partial charge in [-0.25, -0.2) is 8.42 Å². The maximum Gasteiger partial charge on any atom is 0.191 e. The molecule has 1 atom stereocenters. The van der Waals surface area contributed by atoms with Crippen LogP contribution in [0.15, 0.2) is 59.6 Å². The first-order chi connectivity index (χ1) is 14.3. The molecule has 2 N–H and O–H groups in total. The highest BCUT2D eigenvalue weighted by atomic mass is 32.2. The molecule has 2 rings (SSSR count). The number of rotatable bonds is 10. The molecule has 6 nitrogen and oxygen atoms in total. The van der Waals surface area contributed by atoms with Gasteiger partial charge in [-0.1, -0.05) is 54.6 Å². The summed E-state index contributed by atoms with van der Waals surface area (Å²) < 4.78 is 22.8. The fraction of sp³-hybridized carbons (Fsp3) is 0.435. The predicted octanol–water partition coefficient (Wildman–Crippen LogP) is 2.81. The zero-order valence-electron chi connectivity index (χ0n) is 18.4. The number of guanidine groups is 1. The van der Waals surface area contributed by atoms with E-state index in [-0.39, 0.29) is 5.75 Å². The van der Waals surface area contributed by atoms with E-state index in [4.69, 9.17) is 0 Å². The van der Waals surface area contributed by atoms with Gasteiger partial charge in [-0.3, -0.25) is 9.89 Å². The van der Waals surface area contributed by atoms with Crippen molar-refractivity contribution in [2.45, 2.75) is 38.2 Å². The molecule has 30 heavy (non-hydrogen) atoms. The Hall–Kier alpha value is -2.38. The van der Waals surface area contributed by atoms with Crippen molar-refractivity contribution >= 4 is 15.8 Å². The lowest BCUT2D eigenvalue weighted by Crippen LogP contribution is -2.39. The number of benzene rings is 2. The maximum absolute atomic E-state index is 11.4. The fourth-order valence-corrected chi connectivity index (χ4v) is 3.91. The van der Waals surface area contributed by atoms with E-state index < -0.39 is 9.84 Å². The fourth-order valence-electron chi connectivity index (χ4n) is 3.11. The van der Waals surface area contributed by atoms with Gasteiger partial charge in [0.05, 0.1) is 5.75 Å². The third kappa shape index (κ3) is 8.97. The minimum Gasteiger partial charge on any atom is -0.356 e. The quantitative estimate of drug-likeness (QED) is 0.448. The van der Waals surface area contributed by atoms with Crippen LogP contribution in [0.2, 0.25) is 0 Å². The Kier molecular flexibility index (Phi) is 9.33. The molecule has 0 aliphatic rings. The number of hydrogen-bond acceptors (Lipinski definition) is 4. The van der Waals surface area contributed by atoms with Crippen molar-refractivity contribution in [2.75, 3.05) is 26.9 Å². The van der Waals surface area contributed by atoms with Crippen LogP contribution >= 0.6 is 0 Å². The molecule has 0 aliphatic carbocycles. The summed E-state index contributed by atoms with van der Waals surface area (Å²) in [4.78, 5) is 6.63. The van der Waals surface area contributed by atoms with Gasteiger partial charge in [0.15, 0.2) is 15.8 Å². The van der Waals surface area contributed by atoms with E-state index >= 15 is 0 Å². The Balaban J connectivity index is 1.73. The van der Waals surface area contributed by atoms with Gasteiger partial charge in [-0.15, -0.1) is 0 Å². The number of nitrogens with one attached hydrogen (secondary N) is 2. The summed E-state index contributed by atoms with van der Waals surface area (Å²) in [6, 6.07) is 18.5. The lowest BCUT2D eigenvalue weighted by Gasteiger charge is -2.25. The first kappa shape index (κ1) is 23.9. The van der Waals surface area contributed by atoms with E-state index in [1.54, 1.807) is 7.05 Å². The van der Waals surface area contributed by atoms with Gasteiger partial charge in [-0.2, -0.15) is 0 Å². The molecule has 0 spiro atoms. The van der Waals surface area contributed by atoms with Gasteiger partial charge < -0.3 is 10.6 Å². The van der Waals surface area contributed by atoms with Crippen molar-refractivity contribution < 1.29 is 8.42 Å². The van der Waals surface area contributed by atoms with Crippen molar-refractivity contribution in [3.05, 3.63) is 71.3 Å². The number of sulfone groups is 1. The van der Waals surface area contributed by atoms with Crippen LogP contribution in [-0.2, 0) is 28.7 Å². The second-order valence-electron chi connectivity index (χ2n) is 7.78. The van der Waals surface area contributed by atoms with E-state index in [0.29, 0.717) is 12.6 Å². The first-order valence-electron chi connectivity index (χ1n) is 10.2. The standard InChI is InChI=1S/C23H34N4O2S/c1-19(27(3)17-21-8-6-5-7-9-21)14-15-25-23(24-2)26-16-20-10-12-22(13-11-20)18-30(4,28)29/h5-13,19H,14-18H2,1-4H3,(H2,24,25,26). The minimum atomic E-state index is -3.01. The molecule has 0 heterocycles. The van der Waals surface area contributed by atoms with Gasteiger partial charge in [-0.05, 0) is 37.1 Å². The third-order valence-electron chi connectivity index (χ3n) is 5.02. The first-order valence-corrected chi connectivity index (χ1v) is 12.3. The Morgan fingerprint density at radius 1 is 1.00 bits per heavy atom. The van der Waals surface area contributed by atoms with Crippen molar-refractivity contribution in [1.29, 1.82) is 0 Å². The Labute approximate surface area is 181 Å². The van der Waals surface area contributed by atoms with E-state index in [0.717, 1.165) is 36.6 Å². The molecular weight excluding hydrogens is 396 g/mol. The van der Waals surface area contributed by atoms with Crippen LogP contribution in [0.5, 0.6) is 0 Å². The second-order valence-corrected chi connectivity index (χ2v) is 9.92. The van der Waals surface area contributed by atoms with Gasteiger partial charge in [0.25, 0.3) is 0 Å². The summed E-state index contributed by atoms with van der Waals surface area (Å²) in [6.07, 6.45) is 2.25.